The Morgan fingerprint density at radius 2 is 2.03 bits per heavy atom. The second-order valence-electron chi connectivity index (χ2n) is 8.65. The van der Waals surface area contributed by atoms with Gasteiger partial charge in [-0.1, -0.05) is 23.2 Å². The lowest BCUT2D eigenvalue weighted by molar-refractivity contribution is -0.121. The van der Waals surface area contributed by atoms with Crippen molar-refractivity contribution in [2.45, 2.75) is 52.2 Å². The fourth-order valence-corrected chi connectivity index (χ4v) is 3.85. The molecule has 29 heavy (non-hydrogen) atoms. The minimum atomic E-state index is -0.514. The summed E-state index contributed by atoms with van der Waals surface area (Å²) in [6, 6.07) is 4.69. The van der Waals surface area contributed by atoms with Crippen molar-refractivity contribution in [1.82, 2.24) is 9.80 Å². The molecular formula is C21H31Cl2N3O3. The molecule has 1 aliphatic heterocycles. The highest BCUT2D eigenvalue weighted by Crippen LogP contribution is 2.26. The van der Waals surface area contributed by atoms with Gasteiger partial charge in [0.05, 0.1) is 16.8 Å². The molecule has 1 aliphatic rings. The van der Waals surface area contributed by atoms with Gasteiger partial charge in [-0.05, 0) is 71.2 Å². The van der Waals surface area contributed by atoms with Gasteiger partial charge in [-0.2, -0.15) is 0 Å². The van der Waals surface area contributed by atoms with E-state index in [1.807, 2.05) is 27.7 Å². The number of hydrogen-bond acceptors (Lipinski definition) is 4. The Kier molecular flexibility index (Phi) is 8.20. The molecule has 0 radical (unpaired) electrons. The molecule has 1 heterocycles. The normalized spacial score (nSPS) is 18.8. The third-order valence-electron chi connectivity index (χ3n) is 4.90. The number of hydrogen-bond donors (Lipinski definition) is 1. The number of likely N-dealkylation sites (tertiary alicyclic amines) is 1. The van der Waals surface area contributed by atoms with Gasteiger partial charge in [0.1, 0.15) is 5.60 Å². The van der Waals surface area contributed by atoms with E-state index in [-0.39, 0.29) is 24.0 Å². The summed E-state index contributed by atoms with van der Waals surface area (Å²) in [5.41, 5.74) is 0.0329. The average Bonchev–Trinajstić information content (AvgIpc) is 2.62. The third kappa shape index (κ3) is 7.36. The van der Waals surface area contributed by atoms with Crippen LogP contribution in [0.2, 0.25) is 10.0 Å². The highest BCUT2D eigenvalue weighted by atomic mass is 35.5. The largest absolute Gasteiger partial charge is 0.444 e. The summed E-state index contributed by atoms with van der Waals surface area (Å²) in [7, 11) is 1.76. The Bertz CT molecular complexity index is 736. The summed E-state index contributed by atoms with van der Waals surface area (Å²) < 4.78 is 5.43. The number of benzene rings is 1. The van der Waals surface area contributed by atoms with Crippen LogP contribution in [0.1, 0.15) is 40.5 Å². The summed E-state index contributed by atoms with van der Waals surface area (Å²) in [5.74, 6) is 0.172. The zero-order valence-corrected chi connectivity index (χ0v) is 19.3. The van der Waals surface area contributed by atoms with E-state index in [1.165, 1.54) is 0 Å². The standard InChI is InChI=1S/C21H31Cl2N3O3/c1-14(19(27)24-18-9-8-16(22)11-17(18)23)26-10-6-7-15(13-26)12-25(5)20(28)29-21(2,3)4/h8-9,11,14-15H,6-7,10,12-13H2,1-5H3,(H,24,27). The van der Waals surface area contributed by atoms with Crippen molar-refractivity contribution in [3.63, 3.8) is 0 Å². The molecule has 1 saturated heterocycles. The number of amides is 2. The van der Waals surface area contributed by atoms with Crippen LogP contribution in [0.3, 0.4) is 0 Å². The molecule has 1 N–H and O–H groups in total. The summed E-state index contributed by atoms with van der Waals surface area (Å²) in [4.78, 5) is 28.7. The van der Waals surface area contributed by atoms with E-state index in [0.29, 0.717) is 22.3 Å². The molecule has 1 aromatic carbocycles. The third-order valence-corrected chi connectivity index (χ3v) is 5.45. The lowest BCUT2D eigenvalue weighted by Crippen LogP contribution is -2.49. The number of carbonyl (C=O) groups excluding carboxylic acids is 2. The first-order valence-corrected chi connectivity index (χ1v) is 10.7. The lowest BCUT2D eigenvalue weighted by Gasteiger charge is -2.37. The van der Waals surface area contributed by atoms with Crippen LogP contribution < -0.4 is 5.32 Å². The lowest BCUT2D eigenvalue weighted by atomic mass is 9.96. The number of ether oxygens (including phenoxy) is 1. The van der Waals surface area contributed by atoms with Gasteiger partial charge in [0.2, 0.25) is 5.91 Å². The van der Waals surface area contributed by atoms with E-state index in [9.17, 15) is 9.59 Å². The van der Waals surface area contributed by atoms with Crippen LogP contribution >= 0.6 is 23.2 Å². The maximum absolute atomic E-state index is 12.7. The molecule has 162 valence electrons. The van der Waals surface area contributed by atoms with Crippen molar-refractivity contribution in [3.05, 3.63) is 28.2 Å². The Balaban J connectivity index is 1.91. The number of piperidine rings is 1. The molecule has 2 amide bonds. The van der Waals surface area contributed by atoms with Crippen LogP contribution in [-0.2, 0) is 9.53 Å². The quantitative estimate of drug-likeness (QED) is 0.702. The van der Waals surface area contributed by atoms with Gasteiger partial charge < -0.3 is 15.0 Å². The first-order valence-electron chi connectivity index (χ1n) is 9.90. The van der Waals surface area contributed by atoms with Crippen LogP contribution in [0.4, 0.5) is 10.5 Å². The van der Waals surface area contributed by atoms with Crippen molar-refractivity contribution in [3.8, 4) is 0 Å². The Labute approximate surface area is 183 Å². The van der Waals surface area contributed by atoms with Crippen LogP contribution in [0.25, 0.3) is 0 Å². The number of nitrogens with zero attached hydrogens (tertiary/aromatic N) is 2. The van der Waals surface area contributed by atoms with Gasteiger partial charge in [-0.3, -0.25) is 9.69 Å². The first kappa shape index (κ1) is 23.8. The predicted molar refractivity (Wildman–Crippen MR) is 118 cm³/mol. The second kappa shape index (κ2) is 10.0. The van der Waals surface area contributed by atoms with Gasteiger partial charge in [-0.15, -0.1) is 0 Å². The van der Waals surface area contributed by atoms with Gasteiger partial charge in [0.15, 0.2) is 0 Å². The smallest absolute Gasteiger partial charge is 0.410 e. The van der Waals surface area contributed by atoms with E-state index >= 15 is 0 Å². The summed E-state index contributed by atoms with van der Waals surface area (Å²) >= 11 is 12.1. The number of rotatable bonds is 5. The molecule has 0 aromatic heterocycles. The molecule has 2 unspecified atom stereocenters. The molecule has 1 fully saturated rings. The van der Waals surface area contributed by atoms with E-state index < -0.39 is 5.60 Å². The maximum atomic E-state index is 12.7. The topological polar surface area (TPSA) is 61.9 Å². The van der Waals surface area contributed by atoms with E-state index in [2.05, 4.69) is 10.2 Å². The van der Waals surface area contributed by atoms with Crippen LogP contribution in [0.5, 0.6) is 0 Å². The minimum absolute atomic E-state index is 0.115. The second-order valence-corrected chi connectivity index (χ2v) is 9.50. The van der Waals surface area contributed by atoms with Crippen molar-refractivity contribution in [1.29, 1.82) is 0 Å². The molecule has 2 atom stereocenters. The summed E-state index contributed by atoms with van der Waals surface area (Å²) in [5, 5.41) is 3.81. The summed E-state index contributed by atoms with van der Waals surface area (Å²) in [6.07, 6.45) is 1.67. The Morgan fingerprint density at radius 1 is 1.34 bits per heavy atom. The van der Waals surface area contributed by atoms with Crippen molar-refractivity contribution in [2.75, 3.05) is 32.0 Å². The molecule has 1 aromatic rings. The molecule has 8 heteroatoms. The van der Waals surface area contributed by atoms with Crippen LogP contribution in [-0.4, -0.2) is 60.1 Å². The highest BCUT2D eigenvalue weighted by molar-refractivity contribution is 6.36. The van der Waals surface area contributed by atoms with Gasteiger partial charge in [-0.25, -0.2) is 4.79 Å². The Morgan fingerprint density at radius 3 is 2.66 bits per heavy atom. The fraction of sp³-hybridized carbons (Fsp3) is 0.619. The van der Waals surface area contributed by atoms with Crippen LogP contribution in [0, 0.1) is 5.92 Å². The molecule has 0 aliphatic carbocycles. The van der Waals surface area contributed by atoms with Crippen molar-refractivity contribution < 1.29 is 14.3 Å². The molecule has 2 rings (SSSR count). The number of anilines is 1. The molecular weight excluding hydrogens is 413 g/mol. The number of nitrogens with one attached hydrogen (secondary N) is 1. The van der Waals surface area contributed by atoms with E-state index in [4.69, 9.17) is 27.9 Å². The van der Waals surface area contributed by atoms with Gasteiger partial charge in [0.25, 0.3) is 0 Å². The monoisotopic (exact) mass is 443 g/mol. The highest BCUT2D eigenvalue weighted by Gasteiger charge is 2.30. The predicted octanol–water partition coefficient (Wildman–Crippen LogP) is 4.90. The van der Waals surface area contributed by atoms with Gasteiger partial charge in [0, 0.05) is 25.2 Å². The van der Waals surface area contributed by atoms with Crippen molar-refractivity contribution in [2.24, 2.45) is 5.92 Å². The summed E-state index contributed by atoms with van der Waals surface area (Å²) in [6.45, 7) is 9.64. The zero-order chi connectivity index (χ0) is 21.8. The van der Waals surface area contributed by atoms with E-state index in [1.54, 1.807) is 30.1 Å². The minimum Gasteiger partial charge on any atom is -0.444 e. The van der Waals surface area contributed by atoms with E-state index in [0.717, 1.165) is 25.9 Å². The number of halogens is 2. The van der Waals surface area contributed by atoms with Crippen LogP contribution in [0.15, 0.2) is 18.2 Å². The zero-order valence-electron chi connectivity index (χ0n) is 17.8. The van der Waals surface area contributed by atoms with Gasteiger partial charge >= 0.3 is 6.09 Å². The van der Waals surface area contributed by atoms with Crippen molar-refractivity contribution >= 4 is 40.9 Å². The fourth-order valence-electron chi connectivity index (χ4n) is 3.39. The maximum Gasteiger partial charge on any atom is 0.410 e. The molecule has 0 bridgehead atoms. The molecule has 0 saturated carbocycles. The first-order chi connectivity index (χ1) is 13.5. The molecule has 6 nitrogen and oxygen atoms in total. The SMILES string of the molecule is CC(C(=O)Nc1ccc(Cl)cc1Cl)N1CCCC(CN(C)C(=O)OC(C)(C)C)C1. The number of carbonyl (C=O) groups is 2. The average molecular weight is 444 g/mol. The Hall–Kier alpha value is -1.50. The molecule has 0 spiro atoms.